The number of urea groups is 1. The number of carbonyl (C=O) groups excluding carboxylic acids is 1. The molecule has 0 aliphatic carbocycles. The fourth-order valence-electron chi connectivity index (χ4n) is 2.27. The van der Waals surface area contributed by atoms with Crippen molar-refractivity contribution in [3.8, 4) is 0 Å². The smallest absolute Gasteiger partial charge is 0.337 e. The SMILES string of the molecule is CN(C)CC1CCN(C(=O)NCC(C)(O)C(=O)O)CC1. The van der Waals surface area contributed by atoms with Crippen LogP contribution in [0.5, 0.6) is 0 Å². The summed E-state index contributed by atoms with van der Waals surface area (Å²) in [6.45, 7) is 3.22. The van der Waals surface area contributed by atoms with Crippen molar-refractivity contribution < 1.29 is 19.8 Å². The number of carbonyl (C=O) groups is 2. The molecule has 1 heterocycles. The van der Waals surface area contributed by atoms with E-state index in [1.165, 1.54) is 6.92 Å². The number of carboxylic acids is 1. The molecule has 1 saturated heterocycles. The van der Waals surface area contributed by atoms with Crippen LogP contribution in [0.3, 0.4) is 0 Å². The van der Waals surface area contributed by atoms with Crippen LogP contribution in [0.15, 0.2) is 0 Å². The maximum atomic E-state index is 11.9. The third-order valence-electron chi connectivity index (χ3n) is 3.57. The fraction of sp³-hybridized carbons (Fsp3) is 0.846. The van der Waals surface area contributed by atoms with Gasteiger partial charge in [0.15, 0.2) is 5.60 Å². The molecule has 1 rings (SSSR count). The Bertz CT molecular complexity index is 350. The molecule has 0 bridgehead atoms. The topological polar surface area (TPSA) is 93.1 Å². The molecule has 7 nitrogen and oxygen atoms in total. The van der Waals surface area contributed by atoms with Crippen molar-refractivity contribution >= 4 is 12.0 Å². The van der Waals surface area contributed by atoms with Gasteiger partial charge >= 0.3 is 12.0 Å². The van der Waals surface area contributed by atoms with Crippen LogP contribution in [0.25, 0.3) is 0 Å². The van der Waals surface area contributed by atoms with E-state index in [0.29, 0.717) is 19.0 Å². The van der Waals surface area contributed by atoms with E-state index in [9.17, 15) is 14.7 Å². The molecule has 3 N–H and O–H groups in total. The van der Waals surface area contributed by atoms with Gasteiger partial charge in [-0.05, 0) is 39.8 Å². The Kier molecular flexibility index (Phi) is 5.76. The van der Waals surface area contributed by atoms with Crippen molar-refractivity contribution in [2.45, 2.75) is 25.4 Å². The number of carboxylic acid groups (broad SMARTS) is 1. The number of amides is 2. The predicted molar refractivity (Wildman–Crippen MR) is 74.5 cm³/mol. The first kappa shape index (κ1) is 16.7. The number of hydrogen-bond donors (Lipinski definition) is 3. The van der Waals surface area contributed by atoms with Gasteiger partial charge in [-0.25, -0.2) is 9.59 Å². The lowest BCUT2D eigenvalue weighted by Crippen LogP contribution is -2.51. The van der Waals surface area contributed by atoms with Crippen molar-refractivity contribution in [2.75, 3.05) is 40.3 Å². The summed E-state index contributed by atoms with van der Waals surface area (Å²) in [5.74, 6) is -0.751. The van der Waals surface area contributed by atoms with Crippen LogP contribution in [0.2, 0.25) is 0 Å². The molecule has 1 aliphatic heterocycles. The van der Waals surface area contributed by atoms with Crippen LogP contribution >= 0.6 is 0 Å². The quantitative estimate of drug-likeness (QED) is 0.651. The third-order valence-corrected chi connectivity index (χ3v) is 3.57. The Hall–Kier alpha value is -1.34. The number of rotatable bonds is 5. The van der Waals surface area contributed by atoms with Gasteiger partial charge in [0, 0.05) is 19.6 Å². The van der Waals surface area contributed by atoms with Crippen LogP contribution in [-0.2, 0) is 4.79 Å². The van der Waals surface area contributed by atoms with Crippen LogP contribution in [-0.4, -0.2) is 77.9 Å². The Morgan fingerprint density at radius 3 is 2.35 bits per heavy atom. The largest absolute Gasteiger partial charge is 0.479 e. The van der Waals surface area contributed by atoms with Gasteiger partial charge in [0.05, 0.1) is 6.54 Å². The molecular weight excluding hydrogens is 262 g/mol. The van der Waals surface area contributed by atoms with E-state index >= 15 is 0 Å². The highest BCUT2D eigenvalue weighted by Crippen LogP contribution is 2.17. The van der Waals surface area contributed by atoms with Gasteiger partial charge in [-0.1, -0.05) is 0 Å². The summed E-state index contributed by atoms with van der Waals surface area (Å²) in [5.41, 5.74) is -1.93. The number of nitrogens with one attached hydrogen (secondary N) is 1. The van der Waals surface area contributed by atoms with Gasteiger partial charge < -0.3 is 25.3 Å². The maximum absolute atomic E-state index is 11.9. The van der Waals surface area contributed by atoms with E-state index in [0.717, 1.165) is 19.4 Å². The minimum absolute atomic E-state index is 0.293. The highest BCUT2D eigenvalue weighted by atomic mass is 16.4. The second-order valence-electron chi connectivity index (χ2n) is 5.93. The third kappa shape index (κ3) is 4.97. The molecule has 1 aliphatic rings. The Labute approximate surface area is 119 Å². The maximum Gasteiger partial charge on any atom is 0.337 e. The average molecular weight is 287 g/mol. The zero-order valence-electron chi connectivity index (χ0n) is 12.4. The molecule has 0 radical (unpaired) electrons. The van der Waals surface area contributed by atoms with E-state index in [-0.39, 0.29) is 12.6 Å². The van der Waals surface area contributed by atoms with E-state index in [2.05, 4.69) is 10.2 Å². The van der Waals surface area contributed by atoms with Crippen LogP contribution in [0.4, 0.5) is 4.79 Å². The first-order valence-corrected chi connectivity index (χ1v) is 6.85. The molecule has 20 heavy (non-hydrogen) atoms. The van der Waals surface area contributed by atoms with Gasteiger partial charge in [-0.15, -0.1) is 0 Å². The van der Waals surface area contributed by atoms with Crippen LogP contribution in [0, 0.1) is 5.92 Å². The number of aliphatic carboxylic acids is 1. The van der Waals surface area contributed by atoms with Crippen molar-refractivity contribution in [2.24, 2.45) is 5.92 Å². The van der Waals surface area contributed by atoms with E-state index < -0.39 is 11.6 Å². The fourth-order valence-corrected chi connectivity index (χ4v) is 2.27. The number of hydrogen-bond acceptors (Lipinski definition) is 4. The lowest BCUT2D eigenvalue weighted by atomic mass is 9.96. The normalized spacial score (nSPS) is 19.8. The molecule has 116 valence electrons. The molecule has 0 aromatic carbocycles. The summed E-state index contributed by atoms with van der Waals surface area (Å²) in [6, 6.07) is -0.310. The number of likely N-dealkylation sites (tertiary alicyclic amines) is 1. The van der Waals surface area contributed by atoms with E-state index in [4.69, 9.17) is 5.11 Å². The lowest BCUT2D eigenvalue weighted by molar-refractivity contribution is -0.155. The van der Waals surface area contributed by atoms with Crippen molar-refractivity contribution in [3.63, 3.8) is 0 Å². The van der Waals surface area contributed by atoms with Gasteiger partial charge in [0.1, 0.15) is 0 Å². The second-order valence-corrected chi connectivity index (χ2v) is 5.93. The number of nitrogens with zero attached hydrogens (tertiary/aromatic N) is 2. The Morgan fingerprint density at radius 2 is 1.90 bits per heavy atom. The van der Waals surface area contributed by atoms with Gasteiger partial charge in [-0.3, -0.25) is 0 Å². The molecule has 2 amide bonds. The zero-order chi connectivity index (χ0) is 15.3. The van der Waals surface area contributed by atoms with E-state index in [1.807, 2.05) is 14.1 Å². The molecule has 1 fully saturated rings. The van der Waals surface area contributed by atoms with Gasteiger partial charge in [-0.2, -0.15) is 0 Å². The molecule has 1 atom stereocenters. The predicted octanol–water partition coefficient (Wildman–Crippen LogP) is -0.195. The molecule has 0 spiro atoms. The first-order chi connectivity index (χ1) is 9.22. The first-order valence-electron chi connectivity index (χ1n) is 6.85. The minimum atomic E-state index is -1.93. The minimum Gasteiger partial charge on any atom is -0.479 e. The van der Waals surface area contributed by atoms with Crippen LogP contribution in [0.1, 0.15) is 19.8 Å². The molecule has 0 aromatic heterocycles. The highest BCUT2D eigenvalue weighted by Gasteiger charge is 2.31. The Balaban J connectivity index is 2.34. The Morgan fingerprint density at radius 1 is 1.35 bits per heavy atom. The van der Waals surface area contributed by atoms with Gasteiger partial charge in [0.25, 0.3) is 0 Å². The van der Waals surface area contributed by atoms with Crippen molar-refractivity contribution in [3.05, 3.63) is 0 Å². The lowest BCUT2D eigenvalue weighted by Gasteiger charge is -2.33. The van der Waals surface area contributed by atoms with Crippen molar-refractivity contribution in [1.82, 2.24) is 15.1 Å². The molecule has 0 saturated carbocycles. The summed E-state index contributed by atoms with van der Waals surface area (Å²) >= 11 is 0. The van der Waals surface area contributed by atoms with Crippen molar-refractivity contribution in [1.29, 1.82) is 0 Å². The van der Waals surface area contributed by atoms with E-state index in [1.54, 1.807) is 4.90 Å². The molecule has 7 heteroatoms. The monoisotopic (exact) mass is 287 g/mol. The summed E-state index contributed by atoms with van der Waals surface area (Å²) in [7, 11) is 4.07. The standard InChI is InChI=1S/C13H25N3O4/c1-13(20,11(17)18)9-14-12(19)16-6-4-10(5-7-16)8-15(2)3/h10,20H,4-9H2,1-3H3,(H,14,19)(H,17,18). The molecular formula is C13H25N3O4. The summed E-state index contributed by atoms with van der Waals surface area (Å²) in [4.78, 5) is 26.4. The van der Waals surface area contributed by atoms with Gasteiger partial charge in [0.2, 0.25) is 0 Å². The number of aliphatic hydroxyl groups is 1. The highest BCUT2D eigenvalue weighted by molar-refractivity contribution is 5.79. The molecule has 0 aromatic rings. The molecule has 1 unspecified atom stereocenters. The summed E-state index contributed by atoms with van der Waals surface area (Å²) in [6.07, 6.45) is 1.89. The average Bonchev–Trinajstić information content (AvgIpc) is 2.36. The van der Waals surface area contributed by atoms with Crippen LogP contribution < -0.4 is 5.32 Å². The zero-order valence-corrected chi connectivity index (χ0v) is 12.4. The second kappa shape index (κ2) is 6.90. The summed E-state index contributed by atoms with van der Waals surface area (Å²) in [5, 5.41) is 20.8. The summed E-state index contributed by atoms with van der Waals surface area (Å²) < 4.78 is 0. The number of piperidine rings is 1.